The molecule has 1 unspecified atom stereocenters. The van der Waals surface area contributed by atoms with E-state index in [1.54, 1.807) is 11.3 Å². The van der Waals surface area contributed by atoms with Gasteiger partial charge in [-0.05, 0) is 55.5 Å². The lowest BCUT2D eigenvalue weighted by Gasteiger charge is -2.34. The summed E-state index contributed by atoms with van der Waals surface area (Å²) in [6.07, 6.45) is 0.569. The van der Waals surface area contributed by atoms with E-state index in [1.807, 2.05) is 29.2 Å². The number of hydrogen-bond donors (Lipinski definition) is 1. The van der Waals surface area contributed by atoms with Crippen molar-refractivity contribution in [1.29, 1.82) is 0 Å². The molecule has 0 amide bonds. The number of hydrogen-bond acceptors (Lipinski definition) is 3. The number of nitrogens with zero attached hydrogens (tertiary/aromatic N) is 1. The summed E-state index contributed by atoms with van der Waals surface area (Å²) in [7, 11) is 0. The summed E-state index contributed by atoms with van der Waals surface area (Å²) in [5.41, 5.74) is 2.37. The van der Waals surface area contributed by atoms with E-state index in [0.717, 1.165) is 18.7 Å². The van der Waals surface area contributed by atoms with E-state index >= 15 is 0 Å². The highest BCUT2D eigenvalue weighted by Gasteiger charge is 2.31. The van der Waals surface area contributed by atoms with Gasteiger partial charge >= 0.3 is 5.97 Å². The molecule has 2 aromatic rings. The molecule has 3 rings (SSSR count). The quantitative estimate of drug-likeness (QED) is 0.789. The van der Waals surface area contributed by atoms with E-state index in [1.165, 1.54) is 5.56 Å². The highest BCUT2D eigenvalue weighted by atomic mass is 79.9. The van der Waals surface area contributed by atoms with E-state index in [9.17, 15) is 9.90 Å². The number of halogens is 2. The van der Waals surface area contributed by atoms with E-state index in [2.05, 4.69) is 37.9 Å². The first-order valence-electron chi connectivity index (χ1n) is 6.52. The van der Waals surface area contributed by atoms with E-state index in [4.69, 9.17) is 0 Å². The summed E-state index contributed by atoms with van der Waals surface area (Å²) in [6.45, 7) is 1.33. The average molecular weight is 431 g/mol. The van der Waals surface area contributed by atoms with Gasteiger partial charge in [-0.1, -0.05) is 24.3 Å². The van der Waals surface area contributed by atoms with Crippen LogP contribution in [-0.4, -0.2) is 22.0 Å². The third-order valence-electron chi connectivity index (χ3n) is 3.69. The van der Waals surface area contributed by atoms with Crippen LogP contribution in [0, 0.1) is 0 Å². The molecule has 0 radical (unpaired) electrons. The smallest absolute Gasteiger partial charge is 0.321 e. The summed E-state index contributed by atoms with van der Waals surface area (Å²) in [5, 5.41) is 9.52. The zero-order chi connectivity index (χ0) is 15.0. The summed E-state index contributed by atoms with van der Waals surface area (Å²) < 4.78 is 2.06. The van der Waals surface area contributed by atoms with Crippen LogP contribution in [0.25, 0.3) is 0 Å². The monoisotopic (exact) mass is 429 g/mol. The SMILES string of the molecule is O=C(O)C1Cc2ccccc2CN1Cc1cc(Br)c(Br)s1. The predicted octanol–water partition coefficient (Wildman–Crippen LogP) is 4.28. The Morgan fingerprint density at radius 1 is 1.33 bits per heavy atom. The molecule has 0 bridgehead atoms. The van der Waals surface area contributed by atoms with Crippen LogP contribution in [0.4, 0.5) is 0 Å². The topological polar surface area (TPSA) is 40.5 Å². The van der Waals surface area contributed by atoms with Crippen LogP contribution in [0.3, 0.4) is 0 Å². The number of benzene rings is 1. The van der Waals surface area contributed by atoms with Gasteiger partial charge in [-0.3, -0.25) is 9.69 Å². The highest BCUT2D eigenvalue weighted by Crippen LogP contribution is 2.34. The van der Waals surface area contributed by atoms with Gasteiger partial charge in [0.25, 0.3) is 0 Å². The van der Waals surface area contributed by atoms with Gasteiger partial charge in [0.2, 0.25) is 0 Å². The number of aliphatic carboxylic acids is 1. The molecule has 1 N–H and O–H groups in total. The minimum absolute atomic E-state index is 0.459. The van der Waals surface area contributed by atoms with Crippen molar-refractivity contribution in [2.24, 2.45) is 0 Å². The Morgan fingerprint density at radius 2 is 2.05 bits per heavy atom. The molecule has 3 nitrogen and oxygen atoms in total. The lowest BCUT2D eigenvalue weighted by atomic mass is 9.94. The molecule has 1 aromatic heterocycles. The molecule has 0 aliphatic carbocycles. The second-order valence-corrected chi connectivity index (χ2v) is 8.38. The first-order valence-corrected chi connectivity index (χ1v) is 8.92. The van der Waals surface area contributed by atoms with Crippen molar-refractivity contribution in [1.82, 2.24) is 4.90 Å². The number of carboxylic acids is 1. The van der Waals surface area contributed by atoms with E-state index in [0.29, 0.717) is 19.5 Å². The van der Waals surface area contributed by atoms with Gasteiger partial charge in [0.1, 0.15) is 6.04 Å². The van der Waals surface area contributed by atoms with E-state index in [-0.39, 0.29) is 0 Å². The fourth-order valence-electron chi connectivity index (χ4n) is 2.66. The molecule has 0 fully saturated rings. The molecule has 0 saturated heterocycles. The maximum absolute atomic E-state index is 11.6. The number of carboxylic acid groups (broad SMARTS) is 1. The molecule has 1 atom stereocenters. The second kappa shape index (κ2) is 6.20. The molecular formula is C15H13Br2NO2S. The first kappa shape index (κ1) is 15.2. The fraction of sp³-hybridized carbons (Fsp3) is 0.267. The maximum Gasteiger partial charge on any atom is 0.321 e. The summed E-state index contributed by atoms with van der Waals surface area (Å²) in [4.78, 5) is 14.8. The molecule has 0 saturated carbocycles. The van der Waals surface area contributed by atoms with Gasteiger partial charge in [-0.15, -0.1) is 11.3 Å². The average Bonchev–Trinajstić information content (AvgIpc) is 2.76. The molecule has 0 spiro atoms. The zero-order valence-electron chi connectivity index (χ0n) is 11.1. The second-order valence-electron chi connectivity index (χ2n) is 5.07. The third kappa shape index (κ3) is 3.23. The van der Waals surface area contributed by atoms with Crippen LogP contribution in [0.2, 0.25) is 0 Å². The number of thiophene rings is 1. The Morgan fingerprint density at radius 3 is 2.67 bits per heavy atom. The lowest BCUT2D eigenvalue weighted by molar-refractivity contribution is -0.144. The molecule has 1 aliphatic rings. The van der Waals surface area contributed by atoms with Crippen molar-refractivity contribution >= 4 is 49.2 Å². The van der Waals surface area contributed by atoms with Crippen molar-refractivity contribution in [3.8, 4) is 0 Å². The van der Waals surface area contributed by atoms with Crippen LogP contribution >= 0.6 is 43.2 Å². The van der Waals surface area contributed by atoms with Crippen molar-refractivity contribution in [3.63, 3.8) is 0 Å². The standard InChI is InChI=1S/C15H13Br2NO2S/c16-12-6-11(21-14(12)17)8-18-7-10-4-2-1-3-9(10)5-13(18)15(19)20/h1-4,6,13H,5,7-8H2,(H,19,20). The molecular weight excluding hydrogens is 418 g/mol. The largest absolute Gasteiger partial charge is 0.480 e. The molecule has 21 heavy (non-hydrogen) atoms. The minimum Gasteiger partial charge on any atom is -0.480 e. The molecule has 1 aliphatic heterocycles. The summed E-state index contributed by atoms with van der Waals surface area (Å²) in [5.74, 6) is -0.751. The Bertz CT molecular complexity index is 667. The van der Waals surface area contributed by atoms with Crippen LogP contribution < -0.4 is 0 Å². The predicted molar refractivity (Wildman–Crippen MR) is 90.5 cm³/mol. The Hall–Kier alpha value is -0.690. The molecule has 110 valence electrons. The lowest BCUT2D eigenvalue weighted by Crippen LogP contribution is -2.44. The molecule has 1 aromatic carbocycles. The van der Waals surface area contributed by atoms with Crippen LogP contribution in [0.1, 0.15) is 16.0 Å². The van der Waals surface area contributed by atoms with Gasteiger partial charge in [0.05, 0.1) is 3.79 Å². The molecule has 6 heteroatoms. The third-order valence-corrected chi connectivity index (χ3v) is 6.93. The van der Waals surface area contributed by atoms with E-state index < -0.39 is 12.0 Å². The van der Waals surface area contributed by atoms with Gasteiger partial charge in [0.15, 0.2) is 0 Å². The molecule has 2 heterocycles. The summed E-state index contributed by atoms with van der Waals surface area (Å²) in [6, 6.07) is 9.69. The first-order chi connectivity index (χ1) is 10.0. The number of fused-ring (bicyclic) bond motifs is 1. The minimum atomic E-state index is -0.751. The summed E-state index contributed by atoms with van der Waals surface area (Å²) >= 11 is 8.61. The van der Waals surface area contributed by atoms with Gasteiger partial charge in [-0.25, -0.2) is 0 Å². The Balaban J connectivity index is 1.87. The number of rotatable bonds is 3. The normalized spacial score (nSPS) is 18.5. The Kier molecular flexibility index (Phi) is 4.49. The van der Waals surface area contributed by atoms with Crippen LogP contribution in [-0.2, 0) is 24.3 Å². The Labute approximate surface area is 143 Å². The van der Waals surface area contributed by atoms with Gasteiger partial charge in [0, 0.05) is 22.4 Å². The van der Waals surface area contributed by atoms with Crippen molar-refractivity contribution in [2.75, 3.05) is 0 Å². The van der Waals surface area contributed by atoms with Crippen molar-refractivity contribution in [2.45, 2.75) is 25.6 Å². The van der Waals surface area contributed by atoms with Crippen LogP contribution in [0.15, 0.2) is 38.6 Å². The van der Waals surface area contributed by atoms with Crippen molar-refractivity contribution in [3.05, 3.63) is 54.6 Å². The van der Waals surface area contributed by atoms with Gasteiger partial charge in [-0.2, -0.15) is 0 Å². The van der Waals surface area contributed by atoms with Crippen LogP contribution in [0.5, 0.6) is 0 Å². The highest BCUT2D eigenvalue weighted by molar-refractivity contribution is 9.13. The maximum atomic E-state index is 11.6. The number of carbonyl (C=O) groups is 1. The van der Waals surface area contributed by atoms with Gasteiger partial charge < -0.3 is 5.11 Å². The zero-order valence-corrected chi connectivity index (χ0v) is 15.0. The van der Waals surface area contributed by atoms with Crippen molar-refractivity contribution < 1.29 is 9.90 Å². The fourth-order valence-corrected chi connectivity index (χ4v) is 4.86.